The summed E-state index contributed by atoms with van der Waals surface area (Å²) in [5.74, 6) is 0. The molecule has 1 nitrogen and oxygen atoms in total. The molecular formula is C6H8BrN. The molecule has 0 rings (SSSR count). The van der Waals surface area contributed by atoms with E-state index in [-0.39, 0.29) is 0 Å². The van der Waals surface area contributed by atoms with E-state index in [0.717, 1.165) is 12.8 Å². The molecule has 0 fully saturated rings. The third kappa shape index (κ3) is 5.71. The molecule has 0 aromatic carbocycles. The molecule has 0 unspecified atom stereocenters. The van der Waals surface area contributed by atoms with E-state index in [2.05, 4.69) is 22.0 Å². The number of nitrogens with zero attached hydrogens (tertiary/aromatic N) is 1. The molecule has 0 atom stereocenters. The SMILES string of the molecule is N#CCCC/C=C/Br. The summed E-state index contributed by atoms with van der Waals surface area (Å²) in [4.78, 5) is 1.82. The van der Waals surface area contributed by atoms with Gasteiger partial charge in [0.05, 0.1) is 6.07 Å². The molecule has 0 aliphatic rings. The highest BCUT2D eigenvalue weighted by Gasteiger charge is 1.78. The molecule has 0 aromatic heterocycles. The second-order valence-electron chi connectivity index (χ2n) is 1.41. The Labute approximate surface area is 58.1 Å². The Hall–Kier alpha value is -0.290. The average molecular weight is 174 g/mol. The summed E-state index contributed by atoms with van der Waals surface area (Å²) in [6.07, 6.45) is 4.63. The molecule has 0 saturated carbocycles. The van der Waals surface area contributed by atoms with E-state index >= 15 is 0 Å². The summed E-state index contributed by atoms with van der Waals surface area (Å²) in [6, 6.07) is 2.08. The Balaban J connectivity index is 2.85. The maximum Gasteiger partial charge on any atom is 0.0621 e. The maximum atomic E-state index is 8.08. The number of hydrogen-bond donors (Lipinski definition) is 0. The number of hydrogen-bond acceptors (Lipinski definition) is 1. The Bertz CT molecular complexity index is 102. The first kappa shape index (κ1) is 7.71. The average Bonchev–Trinajstić information content (AvgIpc) is 1.81. The Morgan fingerprint density at radius 3 is 2.88 bits per heavy atom. The first-order valence-electron chi connectivity index (χ1n) is 2.54. The van der Waals surface area contributed by atoms with Gasteiger partial charge in [0.1, 0.15) is 0 Å². The summed E-state index contributed by atoms with van der Waals surface area (Å²) in [5, 5.41) is 8.08. The summed E-state index contributed by atoms with van der Waals surface area (Å²) >= 11 is 3.14. The number of allylic oxidation sites excluding steroid dienone is 1. The molecule has 2 heteroatoms. The summed E-state index contributed by atoms with van der Waals surface area (Å²) < 4.78 is 0. The first-order valence-corrected chi connectivity index (χ1v) is 3.45. The van der Waals surface area contributed by atoms with Crippen molar-refractivity contribution in [2.24, 2.45) is 0 Å². The van der Waals surface area contributed by atoms with Crippen LogP contribution < -0.4 is 0 Å². The molecule has 0 heterocycles. The zero-order valence-electron chi connectivity index (χ0n) is 4.60. The number of rotatable bonds is 3. The van der Waals surface area contributed by atoms with Crippen molar-refractivity contribution >= 4 is 15.9 Å². The van der Waals surface area contributed by atoms with Crippen LogP contribution in [-0.2, 0) is 0 Å². The molecule has 0 aromatic rings. The lowest BCUT2D eigenvalue weighted by Gasteiger charge is -1.81. The van der Waals surface area contributed by atoms with E-state index in [9.17, 15) is 0 Å². The smallest absolute Gasteiger partial charge is 0.0621 e. The zero-order chi connectivity index (χ0) is 6.24. The molecule has 0 spiro atoms. The molecule has 0 N–H and O–H groups in total. The summed E-state index contributed by atoms with van der Waals surface area (Å²) in [5.41, 5.74) is 0. The van der Waals surface area contributed by atoms with Gasteiger partial charge in [-0.1, -0.05) is 22.0 Å². The van der Waals surface area contributed by atoms with Gasteiger partial charge in [-0.05, 0) is 17.8 Å². The van der Waals surface area contributed by atoms with Crippen LogP contribution in [0.1, 0.15) is 19.3 Å². The van der Waals surface area contributed by atoms with Gasteiger partial charge in [0.25, 0.3) is 0 Å². The maximum absolute atomic E-state index is 8.08. The molecule has 8 heavy (non-hydrogen) atoms. The van der Waals surface area contributed by atoms with Crippen molar-refractivity contribution in [3.63, 3.8) is 0 Å². The Morgan fingerprint density at radius 2 is 2.38 bits per heavy atom. The second-order valence-corrected chi connectivity index (χ2v) is 1.94. The van der Waals surface area contributed by atoms with E-state index < -0.39 is 0 Å². The van der Waals surface area contributed by atoms with Gasteiger partial charge in [-0.25, -0.2) is 0 Å². The fourth-order valence-corrected chi connectivity index (χ4v) is 0.626. The van der Waals surface area contributed by atoms with Crippen LogP contribution in [0.15, 0.2) is 11.1 Å². The third-order valence-electron chi connectivity index (χ3n) is 0.748. The van der Waals surface area contributed by atoms with E-state index in [1.54, 1.807) is 0 Å². The second kappa shape index (κ2) is 6.71. The summed E-state index contributed by atoms with van der Waals surface area (Å²) in [7, 11) is 0. The predicted molar refractivity (Wildman–Crippen MR) is 37.5 cm³/mol. The Morgan fingerprint density at radius 1 is 1.62 bits per heavy atom. The quantitative estimate of drug-likeness (QED) is 0.603. The molecular weight excluding hydrogens is 166 g/mol. The molecule has 0 aliphatic heterocycles. The van der Waals surface area contributed by atoms with Crippen molar-refractivity contribution < 1.29 is 0 Å². The van der Waals surface area contributed by atoms with Crippen LogP contribution >= 0.6 is 15.9 Å². The minimum absolute atomic E-state index is 0.664. The van der Waals surface area contributed by atoms with Gasteiger partial charge in [0, 0.05) is 6.42 Å². The summed E-state index contributed by atoms with van der Waals surface area (Å²) in [6.45, 7) is 0. The van der Waals surface area contributed by atoms with E-state index in [4.69, 9.17) is 5.26 Å². The predicted octanol–water partition coefficient (Wildman–Crippen LogP) is 2.59. The normalized spacial score (nSPS) is 9.50. The molecule has 0 radical (unpaired) electrons. The molecule has 0 aliphatic carbocycles. The monoisotopic (exact) mass is 173 g/mol. The zero-order valence-corrected chi connectivity index (χ0v) is 6.19. The van der Waals surface area contributed by atoms with Gasteiger partial charge in [-0.15, -0.1) is 0 Å². The van der Waals surface area contributed by atoms with Crippen molar-refractivity contribution in [1.29, 1.82) is 5.26 Å². The van der Waals surface area contributed by atoms with Gasteiger partial charge in [-0.2, -0.15) is 5.26 Å². The lowest BCUT2D eigenvalue weighted by Crippen LogP contribution is -1.65. The van der Waals surface area contributed by atoms with E-state index in [1.807, 2.05) is 11.1 Å². The van der Waals surface area contributed by atoms with Crippen LogP contribution in [0.4, 0.5) is 0 Å². The van der Waals surface area contributed by atoms with E-state index in [1.165, 1.54) is 0 Å². The van der Waals surface area contributed by atoms with Gasteiger partial charge < -0.3 is 0 Å². The van der Waals surface area contributed by atoms with Crippen LogP contribution in [0.3, 0.4) is 0 Å². The molecule has 0 bridgehead atoms. The molecule has 44 valence electrons. The Kier molecular flexibility index (Phi) is 6.47. The topological polar surface area (TPSA) is 23.8 Å². The van der Waals surface area contributed by atoms with Crippen LogP contribution in [0.2, 0.25) is 0 Å². The number of nitriles is 1. The minimum atomic E-state index is 0.664. The van der Waals surface area contributed by atoms with Gasteiger partial charge in [0.2, 0.25) is 0 Å². The van der Waals surface area contributed by atoms with Crippen LogP contribution in [0.25, 0.3) is 0 Å². The molecule has 0 amide bonds. The number of unbranched alkanes of at least 4 members (excludes halogenated alkanes) is 2. The lowest BCUT2D eigenvalue weighted by molar-refractivity contribution is 0.878. The highest BCUT2D eigenvalue weighted by Crippen LogP contribution is 1.95. The van der Waals surface area contributed by atoms with Crippen molar-refractivity contribution in [2.75, 3.05) is 0 Å². The van der Waals surface area contributed by atoms with Crippen molar-refractivity contribution in [1.82, 2.24) is 0 Å². The largest absolute Gasteiger partial charge is 0.198 e. The van der Waals surface area contributed by atoms with Gasteiger partial charge in [0.15, 0.2) is 0 Å². The fourth-order valence-electron chi connectivity index (χ4n) is 0.362. The van der Waals surface area contributed by atoms with Crippen molar-refractivity contribution in [3.05, 3.63) is 11.1 Å². The van der Waals surface area contributed by atoms with E-state index in [0.29, 0.717) is 6.42 Å². The standard InChI is InChI=1S/C6H8BrN/c7-5-3-1-2-4-6-8/h3,5H,1-2,4H2/b5-3+. The van der Waals surface area contributed by atoms with Crippen molar-refractivity contribution in [2.45, 2.75) is 19.3 Å². The van der Waals surface area contributed by atoms with Gasteiger partial charge >= 0.3 is 0 Å². The minimum Gasteiger partial charge on any atom is -0.198 e. The lowest BCUT2D eigenvalue weighted by atomic mass is 10.2. The highest BCUT2D eigenvalue weighted by molar-refractivity contribution is 9.11. The fraction of sp³-hybridized carbons (Fsp3) is 0.500. The highest BCUT2D eigenvalue weighted by atomic mass is 79.9. The first-order chi connectivity index (χ1) is 3.91. The van der Waals surface area contributed by atoms with Crippen LogP contribution in [0.5, 0.6) is 0 Å². The van der Waals surface area contributed by atoms with Gasteiger partial charge in [-0.3, -0.25) is 0 Å². The van der Waals surface area contributed by atoms with Crippen LogP contribution in [-0.4, -0.2) is 0 Å². The van der Waals surface area contributed by atoms with Crippen LogP contribution in [0, 0.1) is 11.3 Å². The van der Waals surface area contributed by atoms with Crippen molar-refractivity contribution in [3.8, 4) is 6.07 Å². The molecule has 0 saturated heterocycles. The third-order valence-corrected chi connectivity index (χ3v) is 1.12. The number of halogens is 1.